The second kappa shape index (κ2) is 10.6. The lowest BCUT2D eigenvalue weighted by Gasteiger charge is -2.20. The van der Waals surface area contributed by atoms with Crippen LogP contribution in [0.3, 0.4) is 0 Å². The molecule has 1 aromatic heterocycles. The number of benzene rings is 2. The molecule has 1 amide bonds. The summed E-state index contributed by atoms with van der Waals surface area (Å²) >= 11 is 1.17. The van der Waals surface area contributed by atoms with E-state index >= 15 is 0 Å². The molecule has 0 aliphatic rings. The van der Waals surface area contributed by atoms with Crippen LogP contribution in [0.4, 0.5) is 14.5 Å². The Balaban J connectivity index is 1.77. The van der Waals surface area contributed by atoms with Gasteiger partial charge in [-0.3, -0.25) is 14.1 Å². The lowest BCUT2D eigenvalue weighted by molar-refractivity contribution is -0.114. The van der Waals surface area contributed by atoms with Crippen molar-refractivity contribution in [3.63, 3.8) is 0 Å². The summed E-state index contributed by atoms with van der Waals surface area (Å²) in [7, 11) is 3.02. The van der Waals surface area contributed by atoms with E-state index in [0.29, 0.717) is 34.2 Å². The number of rotatable bonds is 10. The monoisotopic (exact) mass is 445 g/mol. The average molecular weight is 445 g/mol. The number of hydrogen-bond acceptors (Lipinski definition) is 6. The normalized spacial score (nSPS) is 10.5. The molecule has 0 spiro atoms. The largest absolute Gasteiger partial charge is 0.493 e. The van der Waals surface area contributed by atoms with Gasteiger partial charge < -0.3 is 14.8 Å². The highest BCUT2D eigenvalue weighted by atomic mass is 32.2. The molecule has 1 heterocycles. The Morgan fingerprint density at radius 2 is 1.81 bits per heavy atom. The molecular weight excluding hydrogens is 424 g/mol. The third kappa shape index (κ3) is 5.43. The van der Waals surface area contributed by atoms with E-state index in [1.54, 1.807) is 30.5 Å². The Kier molecular flexibility index (Phi) is 7.66. The molecule has 0 aliphatic carbocycles. The van der Waals surface area contributed by atoms with Crippen molar-refractivity contribution in [1.29, 1.82) is 0 Å². The van der Waals surface area contributed by atoms with E-state index < -0.39 is 11.6 Å². The van der Waals surface area contributed by atoms with Gasteiger partial charge in [0.15, 0.2) is 11.5 Å². The van der Waals surface area contributed by atoms with Gasteiger partial charge in [-0.2, -0.15) is 0 Å². The third-order valence-electron chi connectivity index (χ3n) is 4.41. The van der Waals surface area contributed by atoms with E-state index in [4.69, 9.17) is 9.47 Å². The fourth-order valence-electron chi connectivity index (χ4n) is 2.91. The molecule has 9 heteroatoms. The van der Waals surface area contributed by atoms with Gasteiger partial charge in [0.25, 0.3) is 0 Å². The van der Waals surface area contributed by atoms with Crippen LogP contribution in [-0.2, 0) is 17.9 Å². The van der Waals surface area contributed by atoms with Crippen molar-refractivity contribution >= 4 is 24.0 Å². The predicted molar refractivity (Wildman–Crippen MR) is 115 cm³/mol. The van der Waals surface area contributed by atoms with Crippen LogP contribution in [0.25, 0.3) is 0 Å². The number of nitrogens with one attached hydrogen (secondary N) is 1. The fraction of sp³-hybridized carbons (Fsp3) is 0.182. The van der Waals surface area contributed by atoms with Gasteiger partial charge in [0.2, 0.25) is 6.41 Å². The van der Waals surface area contributed by atoms with Crippen LogP contribution in [0.1, 0.15) is 11.3 Å². The molecule has 0 radical (unpaired) electrons. The van der Waals surface area contributed by atoms with Gasteiger partial charge in [0.05, 0.1) is 25.7 Å². The van der Waals surface area contributed by atoms with Crippen molar-refractivity contribution < 1.29 is 23.0 Å². The summed E-state index contributed by atoms with van der Waals surface area (Å²) in [5, 5.41) is 3.04. The summed E-state index contributed by atoms with van der Waals surface area (Å²) in [4.78, 5) is 16.7. The number of carbonyl (C=O) groups excluding carboxylic acids is 1. The maximum Gasteiger partial charge on any atom is 0.220 e. The molecule has 0 bridgehead atoms. The number of para-hydroxylation sites is 1. The molecule has 162 valence electrons. The van der Waals surface area contributed by atoms with E-state index in [-0.39, 0.29) is 18.7 Å². The molecule has 1 N–H and O–H groups in total. The average Bonchev–Trinajstić information content (AvgIpc) is 2.78. The molecular formula is C22H21F2N3O3S. The number of anilines is 1. The number of hydrogen-bond donors (Lipinski definition) is 1. The van der Waals surface area contributed by atoms with Crippen LogP contribution < -0.4 is 14.8 Å². The molecule has 6 nitrogen and oxygen atoms in total. The summed E-state index contributed by atoms with van der Waals surface area (Å²) in [6.07, 6.45) is 2.25. The summed E-state index contributed by atoms with van der Waals surface area (Å²) in [5.41, 5.74) is 1.10. The van der Waals surface area contributed by atoms with E-state index in [1.165, 1.54) is 48.7 Å². The van der Waals surface area contributed by atoms with Crippen LogP contribution in [-0.4, -0.2) is 29.9 Å². The third-order valence-corrected chi connectivity index (χ3v) is 5.41. The van der Waals surface area contributed by atoms with Crippen molar-refractivity contribution in [3.8, 4) is 11.5 Å². The van der Waals surface area contributed by atoms with Crippen molar-refractivity contribution in [2.24, 2.45) is 0 Å². The fourth-order valence-corrected chi connectivity index (χ4v) is 3.77. The topological polar surface area (TPSA) is 63.7 Å². The summed E-state index contributed by atoms with van der Waals surface area (Å²) in [6.45, 7) is 0.118. The molecule has 0 fully saturated rings. The molecule has 0 saturated heterocycles. The van der Waals surface area contributed by atoms with Crippen LogP contribution in [0.2, 0.25) is 0 Å². The van der Waals surface area contributed by atoms with Gasteiger partial charge in [-0.05, 0) is 36.2 Å². The second-order valence-corrected chi connectivity index (χ2v) is 7.41. The summed E-state index contributed by atoms with van der Waals surface area (Å²) < 4.78 is 39.9. The van der Waals surface area contributed by atoms with E-state index in [9.17, 15) is 13.6 Å². The first-order valence-corrected chi connectivity index (χ1v) is 10.1. The first kappa shape index (κ1) is 22.4. The minimum atomic E-state index is -0.622. The predicted octanol–water partition coefficient (Wildman–Crippen LogP) is 4.65. The van der Waals surface area contributed by atoms with Crippen LogP contribution in [0.15, 0.2) is 59.6 Å². The molecule has 0 saturated carbocycles. The SMILES string of the molecule is COc1ccnc(CN(C=O)Sc2ccccc2NCc2c(F)cccc2F)c1OC. The Labute approximate surface area is 183 Å². The maximum atomic E-state index is 13.9. The van der Waals surface area contributed by atoms with Crippen LogP contribution in [0, 0.1) is 11.6 Å². The molecule has 0 aliphatic heterocycles. The van der Waals surface area contributed by atoms with E-state index in [2.05, 4.69) is 10.3 Å². The molecule has 2 aromatic carbocycles. The Bertz CT molecular complexity index is 1030. The van der Waals surface area contributed by atoms with Gasteiger partial charge >= 0.3 is 0 Å². The van der Waals surface area contributed by atoms with Gasteiger partial charge in [0, 0.05) is 30.1 Å². The smallest absolute Gasteiger partial charge is 0.220 e. The quantitative estimate of drug-likeness (QED) is 0.362. The lowest BCUT2D eigenvalue weighted by Crippen LogP contribution is -2.15. The number of pyridine rings is 1. The number of carbonyl (C=O) groups is 1. The molecule has 0 atom stereocenters. The van der Waals surface area contributed by atoms with Crippen molar-refractivity contribution in [2.45, 2.75) is 18.0 Å². The van der Waals surface area contributed by atoms with Gasteiger partial charge in [-0.25, -0.2) is 8.78 Å². The number of aromatic nitrogens is 1. The number of methoxy groups -OCH3 is 2. The molecule has 3 aromatic rings. The molecule has 31 heavy (non-hydrogen) atoms. The van der Waals surface area contributed by atoms with Crippen molar-refractivity contribution in [3.05, 3.63) is 77.6 Å². The molecule has 3 rings (SSSR count). The lowest BCUT2D eigenvalue weighted by atomic mass is 10.2. The van der Waals surface area contributed by atoms with Crippen molar-refractivity contribution in [1.82, 2.24) is 9.29 Å². The van der Waals surface area contributed by atoms with Gasteiger partial charge in [0.1, 0.15) is 17.3 Å². The van der Waals surface area contributed by atoms with Crippen LogP contribution >= 0.6 is 11.9 Å². The van der Waals surface area contributed by atoms with Crippen molar-refractivity contribution in [2.75, 3.05) is 19.5 Å². The standard InChI is InChI=1S/C22H21F2N3O3S/c1-29-20-10-11-25-19(22(20)30-2)13-27(14-28)31-21-9-4-3-8-18(21)26-12-15-16(23)6-5-7-17(15)24/h3-11,14,26H,12-13H2,1-2H3. The highest BCUT2D eigenvalue weighted by Gasteiger charge is 2.17. The second-order valence-electron chi connectivity index (χ2n) is 6.31. The Morgan fingerprint density at radius 1 is 1.06 bits per heavy atom. The number of halogens is 2. The number of nitrogens with zero attached hydrogens (tertiary/aromatic N) is 2. The number of amides is 1. The zero-order valence-electron chi connectivity index (χ0n) is 17.0. The van der Waals surface area contributed by atoms with Gasteiger partial charge in [-0.15, -0.1) is 0 Å². The highest BCUT2D eigenvalue weighted by Crippen LogP contribution is 2.34. The van der Waals surface area contributed by atoms with Gasteiger partial charge in [-0.1, -0.05) is 18.2 Å². The molecule has 0 unspecified atom stereocenters. The van der Waals surface area contributed by atoms with E-state index in [0.717, 1.165) is 0 Å². The first-order valence-electron chi connectivity index (χ1n) is 9.29. The zero-order chi connectivity index (χ0) is 22.2. The van der Waals surface area contributed by atoms with E-state index in [1.807, 2.05) is 6.07 Å². The summed E-state index contributed by atoms with van der Waals surface area (Å²) in [5.74, 6) is -0.289. The maximum absolute atomic E-state index is 13.9. The Hall–Kier alpha value is -3.33. The zero-order valence-corrected chi connectivity index (χ0v) is 17.8. The first-order chi connectivity index (χ1) is 15.1. The Morgan fingerprint density at radius 3 is 2.48 bits per heavy atom. The summed E-state index contributed by atoms with van der Waals surface area (Å²) in [6, 6.07) is 12.6. The highest BCUT2D eigenvalue weighted by molar-refractivity contribution is 7.97. The minimum Gasteiger partial charge on any atom is -0.493 e. The van der Waals surface area contributed by atoms with Crippen LogP contribution in [0.5, 0.6) is 11.5 Å². The minimum absolute atomic E-state index is 0.0393. The number of ether oxygens (including phenoxy) is 2.